The molecule has 0 saturated heterocycles. The Hall–Kier alpha value is -3.19. The summed E-state index contributed by atoms with van der Waals surface area (Å²) in [6, 6.07) is 13.0. The molecule has 1 aromatic carbocycles. The second kappa shape index (κ2) is 8.46. The molecule has 0 aliphatic heterocycles. The monoisotopic (exact) mass is 383 g/mol. The number of ketones is 1. The Morgan fingerprint density at radius 2 is 1.85 bits per heavy atom. The highest BCUT2D eigenvalue weighted by Crippen LogP contribution is 2.19. The number of thiophene rings is 1. The Balaban J connectivity index is 1.63. The van der Waals surface area contributed by atoms with Crippen LogP contribution in [0.25, 0.3) is 0 Å². The number of benzene rings is 1. The molecule has 0 unspecified atom stereocenters. The third-order valence-corrected chi connectivity index (χ3v) is 4.69. The highest BCUT2D eigenvalue weighted by atomic mass is 32.1. The van der Waals surface area contributed by atoms with E-state index in [1.807, 2.05) is 0 Å². The average Bonchev–Trinajstić information content (AvgIpc) is 3.39. The summed E-state index contributed by atoms with van der Waals surface area (Å²) in [5.74, 6) is -0.847. The van der Waals surface area contributed by atoms with Gasteiger partial charge in [0.15, 0.2) is 6.61 Å². The van der Waals surface area contributed by atoms with Gasteiger partial charge in [0, 0.05) is 5.56 Å². The molecule has 138 valence electrons. The third kappa shape index (κ3) is 4.51. The Labute approximate surface area is 159 Å². The van der Waals surface area contributed by atoms with Gasteiger partial charge in [-0.25, -0.2) is 4.79 Å². The van der Waals surface area contributed by atoms with Gasteiger partial charge in [0.1, 0.15) is 5.76 Å². The zero-order valence-corrected chi connectivity index (χ0v) is 15.3. The van der Waals surface area contributed by atoms with Crippen LogP contribution in [-0.2, 0) is 9.53 Å². The van der Waals surface area contributed by atoms with E-state index in [9.17, 15) is 14.4 Å². The molecular formula is C20H17NO5S. The first-order valence-electron chi connectivity index (χ1n) is 8.23. The van der Waals surface area contributed by atoms with Gasteiger partial charge in [0.25, 0.3) is 5.91 Å². The number of amides is 1. The minimum absolute atomic E-state index is 0.128. The van der Waals surface area contributed by atoms with Crippen LogP contribution in [0.3, 0.4) is 0 Å². The third-order valence-electron chi connectivity index (χ3n) is 3.82. The lowest BCUT2D eigenvalue weighted by Crippen LogP contribution is -2.31. The molecule has 3 aromatic rings. The number of carbonyl (C=O) groups is 3. The molecule has 0 spiro atoms. The first kappa shape index (κ1) is 18.6. The van der Waals surface area contributed by atoms with E-state index in [0.29, 0.717) is 10.6 Å². The molecule has 3 rings (SSSR count). The van der Waals surface area contributed by atoms with Crippen LogP contribution in [0.1, 0.15) is 44.3 Å². The summed E-state index contributed by atoms with van der Waals surface area (Å²) in [6.07, 6.45) is 1.51. The van der Waals surface area contributed by atoms with Crippen molar-refractivity contribution in [2.45, 2.75) is 13.0 Å². The van der Waals surface area contributed by atoms with Crippen molar-refractivity contribution in [3.8, 4) is 0 Å². The van der Waals surface area contributed by atoms with Gasteiger partial charge < -0.3 is 14.5 Å². The lowest BCUT2D eigenvalue weighted by Gasteiger charge is -2.12. The zero-order chi connectivity index (χ0) is 19.2. The van der Waals surface area contributed by atoms with E-state index in [1.165, 1.54) is 23.7 Å². The Morgan fingerprint density at radius 3 is 2.52 bits per heavy atom. The summed E-state index contributed by atoms with van der Waals surface area (Å²) >= 11 is 1.30. The highest BCUT2D eigenvalue weighted by Gasteiger charge is 2.21. The van der Waals surface area contributed by atoms with Crippen LogP contribution in [0.2, 0.25) is 0 Å². The molecule has 6 nitrogen and oxygen atoms in total. The quantitative estimate of drug-likeness (QED) is 0.498. The van der Waals surface area contributed by atoms with Crippen molar-refractivity contribution in [2.24, 2.45) is 0 Å². The fraction of sp³-hybridized carbons (Fsp3) is 0.150. The van der Waals surface area contributed by atoms with E-state index in [1.54, 1.807) is 54.8 Å². The second-order valence-electron chi connectivity index (χ2n) is 5.73. The molecule has 0 saturated carbocycles. The number of carbonyl (C=O) groups excluding carboxylic acids is 3. The lowest BCUT2D eigenvalue weighted by molar-refractivity contribution is -0.125. The number of furan rings is 1. The van der Waals surface area contributed by atoms with E-state index in [2.05, 4.69) is 5.32 Å². The van der Waals surface area contributed by atoms with Crippen LogP contribution >= 0.6 is 11.3 Å². The smallest absolute Gasteiger partial charge is 0.339 e. The number of esters is 1. The number of rotatable bonds is 7. The molecule has 7 heteroatoms. The molecule has 2 heterocycles. The van der Waals surface area contributed by atoms with E-state index < -0.39 is 18.5 Å². The second-order valence-corrected chi connectivity index (χ2v) is 6.68. The zero-order valence-electron chi connectivity index (χ0n) is 14.5. The molecule has 2 aromatic heterocycles. The van der Waals surface area contributed by atoms with Gasteiger partial charge in [-0.05, 0) is 36.6 Å². The van der Waals surface area contributed by atoms with Gasteiger partial charge in [-0.1, -0.05) is 24.3 Å². The standard InChI is InChI=1S/C20H17NO5S/c1-13(16-8-4-10-25-16)21-18(22)12-26-20(24)15-7-3-2-6-14(15)19(23)17-9-5-11-27-17/h2-11,13H,12H2,1H3,(H,21,22)/t13-/m0/s1. The van der Waals surface area contributed by atoms with Gasteiger partial charge in [-0.2, -0.15) is 0 Å². The molecule has 0 bridgehead atoms. The summed E-state index contributed by atoms with van der Waals surface area (Å²) in [5.41, 5.74) is 0.372. The summed E-state index contributed by atoms with van der Waals surface area (Å²) in [7, 11) is 0. The van der Waals surface area contributed by atoms with Crippen molar-refractivity contribution in [3.05, 3.63) is 81.9 Å². The van der Waals surface area contributed by atoms with Crippen molar-refractivity contribution in [1.82, 2.24) is 5.32 Å². The fourth-order valence-corrected chi connectivity index (χ4v) is 3.18. The predicted octanol–water partition coefficient (Wildman–Crippen LogP) is 3.61. The number of nitrogens with one attached hydrogen (secondary N) is 1. The van der Waals surface area contributed by atoms with E-state index >= 15 is 0 Å². The summed E-state index contributed by atoms with van der Waals surface area (Å²) in [6.45, 7) is 1.30. The van der Waals surface area contributed by atoms with E-state index in [-0.39, 0.29) is 23.0 Å². The van der Waals surface area contributed by atoms with Crippen LogP contribution in [0.5, 0.6) is 0 Å². The van der Waals surface area contributed by atoms with Crippen LogP contribution in [0.4, 0.5) is 0 Å². The maximum Gasteiger partial charge on any atom is 0.339 e. The Bertz CT molecular complexity index is 931. The molecule has 1 atom stereocenters. The largest absolute Gasteiger partial charge is 0.467 e. The van der Waals surface area contributed by atoms with Gasteiger partial charge in [0.05, 0.1) is 22.7 Å². The van der Waals surface area contributed by atoms with Crippen molar-refractivity contribution in [1.29, 1.82) is 0 Å². The fourth-order valence-electron chi connectivity index (χ4n) is 2.50. The van der Waals surface area contributed by atoms with Gasteiger partial charge >= 0.3 is 5.97 Å². The minimum Gasteiger partial charge on any atom is -0.467 e. The summed E-state index contributed by atoms with van der Waals surface area (Å²) in [4.78, 5) is 37.5. The maximum absolute atomic E-state index is 12.6. The summed E-state index contributed by atoms with van der Waals surface area (Å²) in [5, 5.41) is 4.46. The van der Waals surface area contributed by atoms with Crippen LogP contribution in [0, 0.1) is 0 Å². The molecule has 1 N–H and O–H groups in total. The van der Waals surface area contributed by atoms with Crippen molar-refractivity contribution in [2.75, 3.05) is 6.61 Å². The number of hydrogen-bond donors (Lipinski definition) is 1. The highest BCUT2D eigenvalue weighted by molar-refractivity contribution is 7.12. The van der Waals surface area contributed by atoms with Crippen molar-refractivity contribution < 1.29 is 23.5 Å². The van der Waals surface area contributed by atoms with Gasteiger partial charge in [-0.3, -0.25) is 9.59 Å². The Kier molecular flexibility index (Phi) is 5.83. The number of ether oxygens (including phenoxy) is 1. The first-order valence-corrected chi connectivity index (χ1v) is 9.11. The van der Waals surface area contributed by atoms with E-state index in [4.69, 9.17) is 9.15 Å². The van der Waals surface area contributed by atoms with Crippen LogP contribution in [0.15, 0.2) is 64.6 Å². The molecular weight excluding hydrogens is 366 g/mol. The molecule has 1 amide bonds. The first-order chi connectivity index (χ1) is 13.1. The van der Waals surface area contributed by atoms with Crippen molar-refractivity contribution >= 4 is 29.0 Å². The minimum atomic E-state index is -0.726. The molecule has 0 fully saturated rings. The molecule has 0 aliphatic carbocycles. The molecule has 0 radical (unpaired) electrons. The lowest BCUT2D eigenvalue weighted by atomic mass is 10.0. The topological polar surface area (TPSA) is 85.6 Å². The predicted molar refractivity (Wildman–Crippen MR) is 99.7 cm³/mol. The number of hydrogen-bond acceptors (Lipinski definition) is 6. The Morgan fingerprint density at radius 1 is 1.07 bits per heavy atom. The summed E-state index contributed by atoms with van der Waals surface area (Å²) < 4.78 is 10.3. The van der Waals surface area contributed by atoms with Crippen molar-refractivity contribution in [3.63, 3.8) is 0 Å². The molecule has 0 aliphatic rings. The van der Waals surface area contributed by atoms with Crippen LogP contribution in [-0.4, -0.2) is 24.3 Å². The molecule has 27 heavy (non-hydrogen) atoms. The van der Waals surface area contributed by atoms with Crippen LogP contribution < -0.4 is 5.32 Å². The normalized spacial score (nSPS) is 11.6. The SMILES string of the molecule is C[C@H](NC(=O)COC(=O)c1ccccc1C(=O)c1cccs1)c1ccco1. The van der Waals surface area contributed by atoms with E-state index in [0.717, 1.165) is 0 Å². The maximum atomic E-state index is 12.6. The van der Waals surface area contributed by atoms with Gasteiger partial charge in [0.2, 0.25) is 5.78 Å². The average molecular weight is 383 g/mol. The van der Waals surface area contributed by atoms with Gasteiger partial charge in [-0.15, -0.1) is 11.3 Å².